The fraction of sp³-hybridized carbons (Fsp3) is 0. The van der Waals surface area contributed by atoms with E-state index in [4.69, 9.17) is 4.42 Å². The van der Waals surface area contributed by atoms with Crippen molar-refractivity contribution in [3.63, 3.8) is 0 Å². The van der Waals surface area contributed by atoms with Crippen molar-refractivity contribution in [2.24, 2.45) is 0 Å². The van der Waals surface area contributed by atoms with Crippen LogP contribution in [0.15, 0.2) is 63.9 Å². The van der Waals surface area contributed by atoms with Crippen LogP contribution in [-0.4, -0.2) is 16.1 Å². The second-order valence-electron chi connectivity index (χ2n) is 5.11. The lowest BCUT2D eigenvalue weighted by Gasteiger charge is -2.05. The minimum Gasteiger partial charge on any atom is -0.422 e. The molecule has 2 heterocycles. The zero-order valence-corrected chi connectivity index (χ0v) is 11.9. The van der Waals surface area contributed by atoms with Crippen LogP contribution in [0, 0.1) is 0 Å². The Hall–Kier alpha value is -3.41. The highest BCUT2D eigenvalue weighted by Crippen LogP contribution is 2.18. The maximum atomic E-state index is 12.4. The van der Waals surface area contributed by atoms with E-state index in [2.05, 4.69) is 15.5 Å². The number of aromatic amines is 1. The highest BCUT2D eigenvalue weighted by molar-refractivity contribution is 6.06. The molecule has 6 heteroatoms. The molecule has 2 aromatic heterocycles. The zero-order valence-electron chi connectivity index (χ0n) is 11.9. The molecule has 0 fully saturated rings. The normalized spacial score (nSPS) is 11.0. The van der Waals surface area contributed by atoms with Crippen LogP contribution in [0.1, 0.15) is 10.4 Å². The standard InChI is InChI=1S/C17H11N3O3/c21-16(19-12-5-6-14-11(7-12)9-18-20-14)13-8-10-3-1-2-4-15(10)23-17(13)22/h1-9H,(H,18,20)(H,19,21). The van der Waals surface area contributed by atoms with Gasteiger partial charge in [-0.25, -0.2) is 4.79 Å². The van der Waals surface area contributed by atoms with Crippen molar-refractivity contribution in [3.05, 3.63) is 70.7 Å². The molecule has 112 valence electrons. The molecular formula is C17H11N3O3. The van der Waals surface area contributed by atoms with Gasteiger partial charge in [0, 0.05) is 16.5 Å². The third-order valence-electron chi connectivity index (χ3n) is 3.58. The molecule has 4 rings (SSSR count). The number of hydrogen-bond acceptors (Lipinski definition) is 4. The van der Waals surface area contributed by atoms with E-state index >= 15 is 0 Å². The van der Waals surface area contributed by atoms with Gasteiger partial charge in [0.05, 0.1) is 11.7 Å². The van der Waals surface area contributed by atoms with E-state index in [9.17, 15) is 9.59 Å². The maximum Gasteiger partial charge on any atom is 0.349 e. The van der Waals surface area contributed by atoms with Gasteiger partial charge in [0.15, 0.2) is 0 Å². The van der Waals surface area contributed by atoms with E-state index in [1.807, 2.05) is 6.07 Å². The minimum absolute atomic E-state index is 0.0315. The Morgan fingerprint density at radius 2 is 1.96 bits per heavy atom. The number of anilines is 1. The predicted octanol–water partition coefficient (Wildman–Crippen LogP) is 2.92. The Kier molecular flexibility index (Phi) is 2.94. The van der Waals surface area contributed by atoms with Crippen LogP contribution in [0.2, 0.25) is 0 Å². The van der Waals surface area contributed by atoms with E-state index in [0.717, 1.165) is 10.9 Å². The highest BCUT2D eigenvalue weighted by atomic mass is 16.4. The lowest BCUT2D eigenvalue weighted by molar-refractivity contribution is 0.102. The summed E-state index contributed by atoms with van der Waals surface area (Å²) in [7, 11) is 0. The second-order valence-corrected chi connectivity index (χ2v) is 5.11. The molecule has 4 aromatic rings. The molecule has 2 aromatic carbocycles. The average molecular weight is 305 g/mol. The van der Waals surface area contributed by atoms with Crippen molar-refractivity contribution in [2.45, 2.75) is 0 Å². The molecule has 0 atom stereocenters. The van der Waals surface area contributed by atoms with Gasteiger partial charge in [-0.05, 0) is 30.3 Å². The number of nitrogens with one attached hydrogen (secondary N) is 2. The van der Waals surface area contributed by atoms with E-state index in [1.165, 1.54) is 6.07 Å². The summed E-state index contributed by atoms with van der Waals surface area (Å²) in [6, 6.07) is 13.9. The van der Waals surface area contributed by atoms with Gasteiger partial charge in [0.25, 0.3) is 5.91 Å². The molecule has 0 radical (unpaired) electrons. The number of hydrogen-bond donors (Lipinski definition) is 2. The molecule has 0 saturated carbocycles. The van der Waals surface area contributed by atoms with Crippen LogP contribution in [0.5, 0.6) is 0 Å². The summed E-state index contributed by atoms with van der Waals surface area (Å²) in [6.07, 6.45) is 1.66. The summed E-state index contributed by atoms with van der Waals surface area (Å²) in [6.45, 7) is 0. The zero-order chi connectivity index (χ0) is 15.8. The van der Waals surface area contributed by atoms with Crippen LogP contribution in [0.3, 0.4) is 0 Å². The first-order chi connectivity index (χ1) is 11.2. The molecule has 0 bridgehead atoms. The topological polar surface area (TPSA) is 88.0 Å². The number of amides is 1. The maximum absolute atomic E-state index is 12.4. The van der Waals surface area contributed by atoms with Crippen LogP contribution in [-0.2, 0) is 0 Å². The number of H-pyrrole nitrogens is 1. The van der Waals surface area contributed by atoms with Crippen LogP contribution < -0.4 is 10.9 Å². The van der Waals surface area contributed by atoms with Gasteiger partial charge in [-0.3, -0.25) is 9.89 Å². The number of benzene rings is 2. The summed E-state index contributed by atoms with van der Waals surface area (Å²) < 4.78 is 5.18. The van der Waals surface area contributed by atoms with Crippen LogP contribution in [0.4, 0.5) is 5.69 Å². The summed E-state index contributed by atoms with van der Waals surface area (Å²) in [5, 5.41) is 11.0. The Morgan fingerprint density at radius 1 is 1.09 bits per heavy atom. The highest BCUT2D eigenvalue weighted by Gasteiger charge is 2.14. The molecule has 2 N–H and O–H groups in total. The quantitative estimate of drug-likeness (QED) is 0.557. The van der Waals surface area contributed by atoms with E-state index in [0.29, 0.717) is 16.7 Å². The first kappa shape index (κ1) is 13.3. The third kappa shape index (κ3) is 2.36. The molecule has 6 nitrogen and oxygen atoms in total. The van der Waals surface area contributed by atoms with E-state index < -0.39 is 11.5 Å². The van der Waals surface area contributed by atoms with Gasteiger partial charge < -0.3 is 9.73 Å². The molecule has 0 spiro atoms. The fourth-order valence-electron chi connectivity index (χ4n) is 2.44. The molecule has 0 aliphatic carbocycles. The molecule has 0 aliphatic heterocycles. The third-order valence-corrected chi connectivity index (χ3v) is 3.58. The van der Waals surface area contributed by atoms with Crippen molar-refractivity contribution in [1.29, 1.82) is 0 Å². The fourth-order valence-corrected chi connectivity index (χ4v) is 2.44. The summed E-state index contributed by atoms with van der Waals surface area (Å²) in [5.74, 6) is -0.507. The number of nitrogens with zero attached hydrogens (tertiary/aromatic N) is 1. The molecule has 0 aliphatic rings. The monoisotopic (exact) mass is 305 g/mol. The predicted molar refractivity (Wildman–Crippen MR) is 86.5 cm³/mol. The smallest absolute Gasteiger partial charge is 0.349 e. The van der Waals surface area contributed by atoms with Crippen LogP contribution >= 0.6 is 0 Å². The first-order valence-electron chi connectivity index (χ1n) is 6.98. The lowest BCUT2D eigenvalue weighted by atomic mass is 10.1. The van der Waals surface area contributed by atoms with Crippen molar-refractivity contribution in [2.75, 3.05) is 5.32 Å². The lowest BCUT2D eigenvalue weighted by Crippen LogP contribution is -2.20. The van der Waals surface area contributed by atoms with Gasteiger partial charge >= 0.3 is 5.63 Å². The van der Waals surface area contributed by atoms with Gasteiger partial charge in [-0.1, -0.05) is 18.2 Å². The van der Waals surface area contributed by atoms with E-state index in [1.54, 1.807) is 42.6 Å². The molecule has 0 saturated heterocycles. The minimum atomic E-state index is -0.661. The van der Waals surface area contributed by atoms with Crippen molar-refractivity contribution < 1.29 is 9.21 Å². The van der Waals surface area contributed by atoms with Gasteiger partial charge in [-0.2, -0.15) is 5.10 Å². The van der Waals surface area contributed by atoms with Gasteiger partial charge in [0.1, 0.15) is 11.1 Å². The van der Waals surface area contributed by atoms with Crippen molar-refractivity contribution in [1.82, 2.24) is 10.2 Å². The number of carbonyl (C=O) groups excluding carboxylic acids is 1. The van der Waals surface area contributed by atoms with Gasteiger partial charge in [0.2, 0.25) is 0 Å². The molecule has 0 unspecified atom stereocenters. The Morgan fingerprint density at radius 3 is 2.87 bits per heavy atom. The Balaban J connectivity index is 1.71. The number of rotatable bonds is 2. The summed E-state index contributed by atoms with van der Waals surface area (Å²) in [4.78, 5) is 24.4. The second kappa shape index (κ2) is 5.10. The molecule has 1 amide bonds. The number of carbonyl (C=O) groups is 1. The van der Waals surface area contributed by atoms with Crippen molar-refractivity contribution >= 4 is 33.5 Å². The first-order valence-corrected chi connectivity index (χ1v) is 6.98. The molecule has 23 heavy (non-hydrogen) atoms. The number of para-hydroxylation sites is 1. The van der Waals surface area contributed by atoms with E-state index in [-0.39, 0.29) is 5.56 Å². The summed E-state index contributed by atoms with van der Waals surface area (Å²) in [5.41, 5.74) is 1.21. The van der Waals surface area contributed by atoms with Gasteiger partial charge in [-0.15, -0.1) is 0 Å². The van der Waals surface area contributed by atoms with Crippen molar-refractivity contribution in [3.8, 4) is 0 Å². The SMILES string of the molecule is O=C(Nc1ccc2[nH]ncc2c1)c1cc2ccccc2oc1=O. The van der Waals surface area contributed by atoms with Crippen LogP contribution in [0.25, 0.3) is 21.9 Å². The average Bonchev–Trinajstić information content (AvgIpc) is 3.01. The molecular weight excluding hydrogens is 294 g/mol. The number of fused-ring (bicyclic) bond motifs is 2. The summed E-state index contributed by atoms with van der Waals surface area (Å²) >= 11 is 0. The number of aromatic nitrogens is 2. The largest absolute Gasteiger partial charge is 0.422 e. The Labute approximate surface area is 129 Å². The Bertz CT molecular complexity index is 1090.